The fourth-order valence-corrected chi connectivity index (χ4v) is 3.86. The summed E-state index contributed by atoms with van der Waals surface area (Å²) in [4.78, 5) is 21.8. The number of halogens is 3. The number of rotatable bonds is 8. The van der Waals surface area contributed by atoms with Crippen LogP contribution in [-0.4, -0.2) is 58.2 Å². The summed E-state index contributed by atoms with van der Waals surface area (Å²) < 4.78 is 38.3. The van der Waals surface area contributed by atoms with E-state index in [0.717, 1.165) is 38.0 Å². The van der Waals surface area contributed by atoms with Crippen LogP contribution in [0.4, 0.5) is 13.2 Å². The molecule has 1 fully saturated rings. The molecule has 1 aliphatic rings. The van der Waals surface area contributed by atoms with Crippen LogP contribution in [0, 0.1) is 5.92 Å². The van der Waals surface area contributed by atoms with E-state index >= 15 is 0 Å². The Balaban J connectivity index is 0.000000512. The zero-order valence-electron chi connectivity index (χ0n) is 17.6. The minimum absolute atomic E-state index is 0.00412. The van der Waals surface area contributed by atoms with Crippen molar-refractivity contribution in [1.29, 1.82) is 0 Å². The number of nitrogens with one attached hydrogen (secondary N) is 1. The minimum atomic E-state index is -4.24. The lowest BCUT2D eigenvalue weighted by Crippen LogP contribution is -2.44. The van der Waals surface area contributed by atoms with Gasteiger partial charge in [-0.05, 0) is 55.2 Å². The predicted molar refractivity (Wildman–Crippen MR) is 114 cm³/mol. The number of thioether (sulfide) groups is 1. The van der Waals surface area contributed by atoms with E-state index in [-0.39, 0.29) is 11.8 Å². The molecule has 0 aliphatic carbocycles. The summed E-state index contributed by atoms with van der Waals surface area (Å²) >= 11 is -0.00412. The first-order chi connectivity index (χ1) is 14.5. The number of carboxylic acid groups (broad SMARTS) is 2. The number of aliphatic carboxylic acids is 2. The van der Waals surface area contributed by atoms with E-state index in [4.69, 9.17) is 10.2 Å². The van der Waals surface area contributed by atoms with Crippen LogP contribution >= 0.6 is 11.8 Å². The van der Waals surface area contributed by atoms with Gasteiger partial charge in [-0.15, -0.1) is 0 Å². The Bertz CT molecular complexity index is 720. The molecule has 1 saturated heterocycles. The smallest absolute Gasteiger partial charge is 0.446 e. The summed E-state index contributed by atoms with van der Waals surface area (Å²) in [6.45, 7) is 7.78. The Morgan fingerprint density at radius 1 is 1.16 bits per heavy atom. The van der Waals surface area contributed by atoms with Crippen molar-refractivity contribution < 1.29 is 33.0 Å². The van der Waals surface area contributed by atoms with E-state index in [1.54, 1.807) is 12.1 Å². The SMILES string of the molecule is CC(C)CN(Cc1ccccc1SC(F)(F)F)C1CCNCC1.O=C(O)/C=C/C(=O)O. The Morgan fingerprint density at radius 2 is 1.71 bits per heavy atom. The lowest BCUT2D eigenvalue weighted by atomic mass is 10.0. The number of alkyl halides is 3. The van der Waals surface area contributed by atoms with Crippen LogP contribution in [0.1, 0.15) is 32.3 Å². The number of hydrogen-bond donors (Lipinski definition) is 3. The molecule has 0 saturated carbocycles. The van der Waals surface area contributed by atoms with Gasteiger partial charge in [0.25, 0.3) is 0 Å². The Kier molecular flexibility index (Phi) is 11.7. The first kappa shape index (κ1) is 27.0. The second-order valence-corrected chi connectivity index (χ2v) is 8.58. The lowest BCUT2D eigenvalue weighted by Gasteiger charge is -2.36. The molecule has 0 bridgehead atoms. The molecule has 0 radical (unpaired) electrons. The molecule has 2 rings (SSSR count). The van der Waals surface area contributed by atoms with Gasteiger partial charge in [0.2, 0.25) is 0 Å². The maximum absolute atomic E-state index is 12.8. The topological polar surface area (TPSA) is 89.9 Å². The second-order valence-electron chi connectivity index (χ2n) is 7.47. The number of hydrogen-bond acceptors (Lipinski definition) is 5. The van der Waals surface area contributed by atoms with Gasteiger partial charge in [0.15, 0.2) is 0 Å². The normalized spacial score (nSPS) is 15.2. The number of carbonyl (C=O) groups is 2. The van der Waals surface area contributed by atoms with Gasteiger partial charge in [-0.2, -0.15) is 13.2 Å². The standard InChI is InChI=1S/C17H25F3N2S.C4H4O4/c1-13(2)11-22(15-7-9-21-10-8-15)12-14-5-3-4-6-16(14)23-17(18,19)20;5-3(6)1-2-4(7)8/h3-6,13,15,21H,7-12H2,1-2H3;1-2H,(H,5,6)(H,7,8)/b;2-1+. The first-order valence-electron chi connectivity index (χ1n) is 9.90. The number of benzene rings is 1. The Morgan fingerprint density at radius 3 is 2.19 bits per heavy atom. The highest BCUT2D eigenvalue weighted by molar-refractivity contribution is 8.00. The lowest BCUT2D eigenvalue weighted by molar-refractivity contribution is -0.134. The van der Waals surface area contributed by atoms with Crippen LogP contribution in [0.3, 0.4) is 0 Å². The molecule has 10 heteroatoms. The molecular formula is C21H29F3N2O4S. The number of nitrogens with zero attached hydrogens (tertiary/aromatic N) is 1. The molecule has 0 unspecified atom stereocenters. The molecule has 174 valence electrons. The molecule has 31 heavy (non-hydrogen) atoms. The van der Waals surface area contributed by atoms with E-state index in [0.29, 0.717) is 35.6 Å². The van der Waals surface area contributed by atoms with Gasteiger partial charge < -0.3 is 15.5 Å². The average molecular weight is 463 g/mol. The Labute approximate surface area is 184 Å². The fraction of sp³-hybridized carbons (Fsp3) is 0.524. The van der Waals surface area contributed by atoms with Crippen molar-refractivity contribution in [1.82, 2.24) is 10.2 Å². The van der Waals surface area contributed by atoms with Crippen LogP contribution < -0.4 is 5.32 Å². The van der Waals surface area contributed by atoms with Gasteiger partial charge in [0, 0.05) is 36.2 Å². The summed E-state index contributed by atoms with van der Waals surface area (Å²) in [5.74, 6) is -2.02. The predicted octanol–water partition coefficient (Wildman–Crippen LogP) is 4.22. The summed E-state index contributed by atoms with van der Waals surface area (Å²) in [5, 5.41) is 19.0. The van der Waals surface area contributed by atoms with Crippen molar-refractivity contribution in [2.75, 3.05) is 19.6 Å². The third kappa shape index (κ3) is 12.4. The third-order valence-corrected chi connectivity index (χ3v) is 5.21. The van der Waals surface area contributed by atoms with Crippen LogP contribution in [0.25, 0.3) is 0 Å². The average Bonchev–Trinajstić information content (AvgIpc) is 2.67. The fourth-order valence-electron chi connectivity index (χ4n) is 3.20. The second kappa shape index (κ2) is 13.4. The van der Waals surface area contributed by atoms with Crippen LogP contribution in [-0.2, 0) is 16.1 Å². The van der Waals surface area contributed by atoms with Crippen molar-refractivity contribution in [3.8, 4) is 0 Å². The van der Waals surface area contributed by atoms with Gasteiger partial charge in [0.1, 0.15) is 0 Å². The van der Waals surface area contributed by atoms with Gasteiger partial charge in [-0.25, -0.2) is 9.59 Å². The number of carboxylic acids is 2. The van der Waals surface area contributed by atoms with Crippen molar-refractivity contribution in [3.63, 3.8) is 0 Å². The highest BCUT2D eigenvalue weighted by Crippen LogP contribution is 2.39. The zero-order chi connectivity index (χ0) is 23.4. The largest absolute Gasteiger partial charge is 0.478 e. The molecule has 1 aliphatic heterocycles. The molecule has 3 N–H and O–H groups in total. The van der Waals surface area contributed by atoms with E-state index in [2.05, 4.69) is 24.1 Å². The van der Waals surface area contributed by atoms with Gasteiger partial charge in [-0.3, -0.25) is 4.90 Å². The maximum Gasteiger partial charge on any atom is 0.446 e. The van der Waals surface area contributed by atoms with Crippen molar-refractivity contribution >= 4 is 23.7 Å². The summed E-state index contributed by atoms with van der Waals surface area (Å²) in [5.41, 5.74) is -3.47. The van der Waals surface area contributed by atoms with E-state index in [1.807, 2.05) is 12.1 Å². The molecular weight excluding hydrogens is 433 g/mol. The Hall–Kier alpha value is -2.04. The van der Waals surface area contributed by atoms with Crippen molar-refractivity contribution in [2.24, 2.45) is 5.92 Å². The van der Waals surface area contributed by atoms with Gasteiger partial charge in [-0.1, -0.05) is 32.0 Å². The third-order valence-electron chi connectivity index (χ3n) is 4.36. The van der Waals surface area contributed by atoms with Gasteiger partial charge >= 0.3 is 17.4 Å². The minimum Gasteiger partial charge on any atom is -0.478 e. The summed E-state index contributed by atoms with van der Waals surface area (Å²) in [6.07, 6.45) is 3.23. The highest BCUT2D eigenvalue weighted by atomic mass is 32.2. The first-order valence-corrected chi connectivity index (χ1v) is 10.7. The van der Waals surface area contributed by atoms with Crippen molar-refractivity contribution in [3.05, 3.63) is 42.0 Å². The highest BCUT2D eigenvalue weighted by Gasteiger charge is 2.31. The molecule has 0 atom stereocenters. The number of piperidine rings is 1. The molecule has 0 amide bonds. The van der Waals surface area contributed by atoms with Crippen LogP contribution in [0.15, 0.2) is 41.3 Å². The molecule has 0 spiro atoms. The van der Waals surface area contributed by atoms with Crippen LogP contribution in [0.5, 0.6) is 0 Å². The molecule has 6 nitrogen and oxygen atoms in total. The van der Waals surface area contributed by atoms with Gasteiger partial charge in [0.05, 0.1) is 0 Å². The molecule has 1 aromatic carbocycles. The molecule has 1 aromatic rings. The molecule has 0 aromatic heterocycles. The van der Waals surface area contributed by atoms with Crippen LogP contribution in [0.2, 0.25) is 0 Å². The van der Waals surface area contributed by atoms with E-state index < -0.39 is 17.4 Å². The maximum atomic E-state index is 12.8. The van der Waals surface area contributed by atoms with E-state index in [9.17, 15) is 22.8 Å². The van der Waals surface area contributed by atoms with E-state index in [1.165, 1.54) is 0 Å². The molecule has 1 heterocycles. The quantitative estimate of drug-likeness (QED) is 0.394. The van der Waals surface area contributed by atoms with Crippen molar-refractivity contribution in [2.45, 2.75) is 49.7 Å². The zero-order valence-corrected chi connectivity index (χ0v) is 18.4. The summed E-state index contributed by atoms with van der Waals surface area (Å²) in [7, 11) is 0. The summed E-state index contributed by atoms with van der Waals surface area (Å²) in [6, 6.07) is 7.34. The monoisotopic (exact) mass is 462 g/mol.